The normalized spacial score (nSPS) is 30.1. The summed E-state index contributed by atoms with van der Waals surface area (Å²) in [7, 11) is 0. The molecule has 1 aromatic heterocycles. The van der Waals surface area contributed by atoms with Gasteiger partial charge < -0.3 is 9.80 Å². The number of aromatic nitrogens is 1. The molecular weight excluding hydrogens is 306 g/mol. The number of piperazine rings is 1. The van der Waals surface area contributed by atoms with E-state index in [4.69, 9.17) is 0 Å². The van der Waals surface area contributed by atoms with E-state index in [0.717, 1.165) is 18.5 Å². The molecule has 4 rings (SSSR count). The fourth-order valence-electron chi connectivity index (χ4n) is 4.86. The average Bonchev–Trinajstić information content (AvgIpc) is 2.70. The minimum Gasteiger partial charge on any atom is -0.323 e. The average molecular weight is 338 g/mol. The van der Waals surface area contributed by atoms with E-state index in [9.17, 15) is 0 Å². The van der Waals surface area contributed by atoms with Gasteiger partial charge in [0.2, 0.25) is 0 Å². The molecule has 0 bridgehead atoms. The van der Waals surface area contributed by atoms with Crippen molar-refractivity contribution in [1.29, 1.82) is 0 Å². The molecule has 1 saturated heterocycles. The summed E-state index contributed by atoms with van der Waals surface area (Å²) in [5.41, 5.74) is 2.94. The molecule has 0 spiro atoms. The Balaban J connectivity index is 1.24. The largest absolute Gasteiger partial charge is 0.323 e. The molecule has 0 amide bonds. The molecule has 3 nitrogen and oxygen atoms in total. The predicted octanol–water partition coefficient (Wildman–Crippen LogP) is 1.09. The second kappa shape index (κ2) is 8.11. The Morgan fingerprint density at radius 1 is 0.840 bits per heavy atom. The molecule has 3 heteroatoms. The van der Waals surface area contributed by atoms with Gasteiger partial charge in [0.05, 0.1) is 6.04 Å². The second-order valence-electron chi connectivity index (χ2n) is 7.91. The molecule has 1 aliphatic carbocycles. The highest BCUT2D eigenvalue weighted by molar-refractivity contribution is 5.19. The van der Waals surface area contributed by atoms with Crippen LogP contribution in [0, 0.1) is 0 Å². The third-order valence-corrected chi connectivity index (χ3v) is 6.35. The maximum atomic E-state index is 4.25. The molecule has 2 aromatic rings. The molecular formula is C22H31N3+2. The van der Waals surface area contributed by atoms with Crippen LogP contribution < -0.4 is 9.80 Å². The molecule has 2 N–H and O–H groups in total. The van der Waals surface area contributed by atoms with Crippen LogP contribution in [0.5, 0.6) is 0 Å². The van der Waals surface area contributed by atoms with Crippen LogP contribution in [0.15, 0.2) is 54.9 Å². The molecule has 0 unspecified atom stereocenters. The summed E-state index contributed by atoms with van der Waals surface area (Å²) in [4.78, 5) is 7.86. The third kappa shape index (κ3) is 4.28. The van der Waals surface area contributed by atoms with Crippen molar-refractivity contribution in [2.45, 2.75) is 44.2 Å². The highest BCUT2D eigenvalue weighted by atomic mass is 15.3. The van der Waals surface area contributed by atoms with Crippen molar-refractivity contribution < 1.29 is 9.80 Å². The molecule has 1 saturated carbocycles. The van der Waals surface area contributed by atoms with E-state index >= 15 is 0 Å². The van der Waals surface area contributed by atoms with Crippen LogP contribution in [0.1, 0.15) is 42.7 Å². The van der Waals surface area contributed by atoms with E-state index in [1.165, 1.54) is 57.4 Å². The standard InChI is InChI=1S/C22H29N3/c1-2-6-20(7-3-1)21-8-10-22(11-9-21)25-15-13-24(14-16-25)18-19-5-4-12-23-17-19/h1-7,12,17,21-22H,8-11,13-16,18H2/p+2. The van der Waals surface area contributed by atoms with Crippen LogP contribution in [-0.2, 0) is 6.54 Å². The lowest BCUT2D eigenvalue weighted by Crippen LogP contribution is -3.29. The van der Waals surface area contributed by atoms with Gasteiger partial charge in [-0.2, -0.15) is 0 Å². The van der Waals surface area contributed by atoms with Crippen molar-refractivity contribution in [2.75, 3.05) is 26.2 Å². The van der Waals surface area contributed by atoms with Crippen molar-refractivity contribution >= 4 is 0 Å². The van der Waals surface area contributed by atoms with Crippen molar-refractivity contribution in [2.24, 2.45) is 0 Å². The Bertz CT molecular complexity index is 627. The Kier molecular flexibility index (Phi) is 5.43. The summed E-state index contributed by atoms with van der Waals surface area (Å²) >= 11 is 0. The van der Waals surface area contributed by atoms with Crippen LogP contribution >= 0.6 is 0 Å². The lowest BCUT2D eigenvalue weighted by Gasteiger charge is -2.38. The van der Waals surface area contributed by atoms with E-state index < -0.39 is 0 Å². The van der Waals surface area contributed by atoms with Crippen molar-refractivity contribution in [1.82, 2.24) is 4.98 Å². The summed E-state index contributed by atoms with van der Waals surface area (Å²) in [6.07, 6.45) is 9.47. The number of hydrogen-bond acceptors (Lipinski definition) is 1. The number of benzene rings is 1. The molecule has 1 aromatic carbocycles. The molecule has 0 radical (unpaired) electrons. The summed E-state index contributed by atoms with van der Waals surface area (Å²) in [5, 5.41) is 0. The lowest BCUT2D eigenvalue weighted by molar-refractivity contribution is -1.03. The first kappa shape index (κ1) is 16.7. The van der Waals surface area contributed by atoms with E-state index in [1.807, 2.05) is 17.3 Å². The van der Waals surface area contributed by atoms with E-state index in [-0.39, 0.29) is 0 Å². The highest BCUT2D eigenvalue weighted by Crippen LogP contribution is 2.31. The highest BCUT2D eigenvalue weighted by Gasteiger charge is 2.33. The van der Waals surface area contributed by atoms with Crippen LogP contribution in [-0.4, -0.2) is 37.2 Å². The van der Waals surface area contributed by atoms with Crippen molar-refractivity contribution in [3.05, 3.63) is 66.0 Å². The van der Waals surface area contributed by atoms with E-state index in [2.05, 4.69) is 47.4 Å². The van der Waals surface area contributed by atoms with Crippen LogP contribution in [0.2, 0.25) is 0 Å². The van der Waals surface area contributed by atoms with Gasteiger partial charge in [-0.15, -0.1) is 0 Å². The predicted molar refractivity (Wildman–Crippen MR) is 101 cm³/mol. The molecule has 0 atom stereocenters. The maximum absolute atomic E-state index is 4.25. The first-order valence-electron chi connectivity index (χ1n) is 10.0. The Hall–Kier alpha value is -1.71. The van der Waals surface area contributed by atoms with Gasteiger partial charge in [-0.25, -0.2) is 0 Å². The number of quaternary nitrogens is 2. The fraction of sp³-hybridized carbons (Fsp3) is 0.500. The van der Waals surface area contributed by atoms with Gasteiger partial charge in [-0.1, -0.05) is 36.4 Å². The van der Waals surface area contributed by atoms with Gasteiger partial charge in [0.25, 0.3) is 0 Å². The van der Waals surface area contributed by atoms with Crippen LogP contribution in [0.4, 0.5) is 0 Å². The molecule has 25 heavy (non-hydrogen) atoms. The minimum absolute atomic E-state index is 0.800. The Morgan fingerprint density at radius 3 is 2.28 bits per heavy atom. The summed E-state index contributed by atoms with van der Waals surface area (Å²) < 4.78 is 0. The maximum Gasteiger partial charge on any atom is 0.127 e. The van der Waals surface area contributed by atoms with Gasteiger partial charge in [0.15, 0.2) is 0 Å². The topological polar surface area (TPSA) is 21.8 Å². The zero-order valence-electron chi connectivity index (χ0n) is 15.2. The molecule has 2 aliphatic rings. The minimum atomic E-state index is 0.800. The van der Waals surface area contributed by atoms with Gasteiger partial charge in [0.1, 0.15) is 32.7 Å². The van der Waals surface area contributed by atoms with Crippen molar-refractivity contribution in [3.63, 3.8) is 0 Å². The summed E-state index contributed by atoms with van der Waals surface area (Å²) in [5.74, 6) is 0.800. The quantitative estimate of drug-likeness (QED) is 0.857. The summed E-state index contributed by atoms with van der Waals surface area (Å²) in [6.45, 7) is 6.44. The van der Waals surface area contributed by atoms with Crippen molar-refractivity contribution in [3.8, 4) is 0 Å². The first-order chi connectivity index (χ1) is 12.4. The Labute approximate surface area is 151 Å². The van der Waals surface area contributed by atoms with Gasteiger partial charge >= 0.3 is 0 Å². The zero-order chi connectivity index (χ0) is 16.9. The number of nitrogens with zero attached hydrogens (tertiary/aromatic N) is 1. The summed E-state index contributed by atoms with van der Waals surface area (Å²) in [6, 6.07) is 16.3. The molecule has 1 aliphatic heterocycles. The number of pyridine rings is 1. The second-order valence-corrected chi connectivity index (χ2v) is 7.91. The number of rotatable bonds is 4. The fourth-order valence-corrected chi connectivity index (χ4v) is 4.86. The zero-order valence-corrected chi connectivity index (χ0v) is 15.2. The smallest absolute Gasteiger partial charge is 0.127 e. The first-order valence-corrected chi connectivity index (χ1v) is 10.0. The Morgan fingerprint density at radius 2 is 1.60 bits per heavy atom. The van der Waals surface area contributed by atoms with Gasteiger partial charge in [0, 0.05) is 18.0 Å². The van der Waals surface area contributed by atoms with Crippen LogP contribution in [0.3, 0.4) is 0 Å². The molecule has 2 fully saturated rings. The van der Waals surface area contributed by atoms with Gasteiger partial charge in [-0.3, -0.25) is 4.98 Å². The monoisotopic (exact) mass is 337 g/mol. The molecule has 2 heterocycles. The lowest BCUT2D eigenvalue weighted by atomic mass is 9.81. The van der Waals surface area contributed by atoms with E-state index in [0.29, 0.717) is 0 Å². The third-order valence-electron chi connectivity index (χ3n) is 6.35. The SMILES string of the molecule is c1ccc(C2CCC([NH+]3CC[NH+](Cc4cccnc4)CC3)CC2)cc1. The number of hydrogen-bond donors (Lipinski definition) is 2. The van der Waals surface area contributed by atoms with E-state index in [1.54, 1.807) is 10.5 Å². The van der Waals surface area contributed by atoms with Crippen LogP contribution in [0.25, 0.3) is 0 Å². The molecule has 132 valence electrons. The van der Waals surface area contributed by atoms with Gasteiger partial charge in [-0.05, 0) is 43.2 Å². The number of nitrogens with one attached hydrogen (secondary N) is 2.